The molecule has 0 atom stereocenters. The van der Waals surface area contributed by atoms with Gasteiger partial charge in [0.1, 0.15) is 11.3 Å². The average molecular weight is 441 g/mol. The molecule has 1 fully saturated rings. The number of nitrogens with zero attached hydrogens (tertiary/aromatic N) is 2. The number of fused-ring (bicyclic) bond motifs is 1. The van der Waals surface area contributed by atoms with Gasteiger partial charge in [0.2, 0.25) is 0 Å². The highest BCUT2D eigenvalue weighted by molar-refractivity contribution is 5.77. The second-order valence-electron chi connectivity index (χ2n) is 7.63. The Morgan fingerprint density at radius 1 is 1.25 bits per heavy atom. The number of hydrogen-bond donors (Lipinski definition) is 2. The topological polar surface area (TPSA) is 106 Å². The Hall–Kier alpha value is -3.46. The summed E-state index contributed by atoms with van der Waals surface area (Å²) in [6.07, 6.45) is 1.12. The van der Waals surface area contributed by atoms with Crippen LogP contribution >= 0.6 is 0 Å². The number of ether oxygens (including phenoxy) is 3. The maximum atomic E-state index is 11.3. The molecule has 32 heavy (non-hydrogen) atoms. The van der Waals surface area contributed by atoms with E-state index in [2.05, 4.69) is 19.9 Å². The Bertz CT molecular complexity index is 1070. The van der Waals surface area contributed by atoms with Crippen molar-refractivity contribution in [3.63, 3.8) is 0 Å². The van der Waals surface area contributed by atoms with Crippen LogP contribution in [0.2, 0.25) is 0 Å². The molecule has 1 aromatic heterocycles. The molecule has 0 aliphatic carbocycles. The van der Waals surface area contributed by atoms with Crippen molar-refractivity contribution in [1.29, 1.82) is 0 Å². The van der Waals surface area contributed by atoms with Gasteiger partial charge < -0.3 is 29.1 Å². The molecule has 0 unspecified atom stereocenters. The minimum Gasteiger partial charge on any atom is -0.504 e. The standard InChI is InChI=1S/C23H27N3O6/c1-3-30-21-12-15(4-7-19(21)27)14-26-10-8-16(9-11-26)24-22-25-18-6-5-17(13-20(18)32-22)31-23(28)29-2/h4-7,12-13,16,27H,3,8-11,14H2,1-2H3,(H,24,25). The highest BCUT2D eigenvalue weighted by atomic mass is 16.7. The van der Waals surface area contributed by atoms with Gasteiger partial charge in [-0.2, -0.15) is 4.98 Å². The molecule has 9 nitrogen and oxygen atoms in total. The van der Waals surface area contributed by atoms with Crippen molar-refractivity contribution in [2.75, 3.05) is 32.1 Å². The lowest BCUT2D eigenvalue weighted by Crippen LogP contribution is -2.38. The van der Waals surface area contributed by atoms with Crippen LogP contribution in [0.5, 0.6) is 17.2 Å². The smallest absolute Gasteiger partial charge is 0.504 e. The number of phenolic OH excluding ortho intramolecular Hbond substituents is 1. The van der Waals surface area contributed by atoms with E-state index in [4.69, 9.17) is 13.9 Å². The van der Waals surface area contributed by atoms with E-state index >= 15 is 0 Å². The van der Waals surface area contributed by atoms with E-state index in [1.54, 1.807) is 24.3 Å². The lowest BCUT2D eigenvalue weighted by Gasteiger charge is -2.32. The molecular formula is C23H27N3O6. The molecule has 2 heterocycles. The molecule has 0 saturated carbocycles. The first kappa shape index (κ1) is 21.8. The molecule has 0 bridgehead atoms. The van der Waals surface area contributed by atoms with E-state index in [1.165, 1.54) is 7.11 Å². The molecule has 9 heteroatoms. The number of oxazole rings is 1. The summed E-state index contributed by atoms with van der Waals surface area (Å²) in [5.41, 5.74) is 2.32. The summed E-state index contributed by atoms with van der Waals surface area (Å²) in [4.78, 5) is 18.1. The molecule has 0 amide bonds. The number of aromatic nitrogens is 1. The Morgan fingerprint density at radius 3 is 2.81 bits per heavy atom. The molecule has 4 rings (SSSR count). The summed E-state index contributed by atoms with van der Waals surface area (Å²) in [5.74, 6) is 1.03. The maximum absolute atomic E-state index is 11.3. The summed E-state index contributed by atoms with van der Waals surface area (Å²) < 4.78 is 20.8. The van der Waals surface area contributed by atoms with Crippen LogP contribution in [0.15, 0.2) is 40.8 Å². The fourth-order valence-corrected chi connectivity index (χ4v) is 3.76. The fourth-order valence-electron chi connectivity index (χ4n) is 3.76. The SMILES string of the molecule is CCOc1cc(CN2CCC(Nc3nc4ccc(OC(=O)OC)cc4o3)CC2)ccc1O. The molecule has 1 saturated heterocycles. The second-order valence-corrected chi connectivity index (χ2v) is 7.63. The molecule has 170 valence electrons. The molecule has 0 spiro atoms. The molecule has 0 radical (unpaired) electrons. The summed E-state index contributed by atoms with van der Waals surface area (Å²) >= 11 is 0. The summed E-state index contributed by atoms with van der Waals surface area (Å²) in [6.45, 7) is 5.08. The minimum absolute atomic E-state index is 0.167. The summed E-state index contributed by atoms with van der Waals surface area (Å²) in [7, 11) is 1.26. The van der Waals surface area contributed by atoms with Gasteiger partial charge in [0.25, 0.3) is 6.01 Å². The number of carbonyl (C=O) groups excluding carboxylic acids is 1. The molecule has 1 aliphatic heterocycles. The van der Waals surface area contributed by atoms with Crippen LogP contribution in [0.25, 0.3) is 11.1 Å². The van der Waals surface area contributed by atoms with Gasteiger partial charge in [-0.1, -0.05) is 6.07 Å². The Balaban J connectivity index is 1.31. The fraction of sp³-hybridized carbons (Fsp3) is 0.391. The summed E-state index contributed by atoms with van der Waals surface area (Å²) in [5, 5.41) is 13.2. The van der Waals surface area contributed by atoms with E-state index in [0.29, 0.717) is 35.2 Å². The third kappa shape index (κ3) is 5.23. The lowest BCUT2D eigenvalue weighted by atomic mass is 10.0. The van der Waals surface area contributed by atoms with E-state index in [0.717, 1.165) is 38.0 Å². The highest BCUT2D eigenvalue weighted by Crippen LogP contribution is 2.29. The normalized spacial score (nSPS) is 14.9. The largest absolute Gasteiger partial charge is 0.513 e. The Labute approximate surface area is 185 Å². The van der Waals surface area contributed by atoms with Gasteiger partial charge in [-0.3, -0.25) is 4.90 Å². The zero-order valence-electron chi connectivity index (χ0n) is 18.2. The van der Waals surface area contributed by atoms with Crippen molar-refractivity contribution in [3.05, 3.63) is 42.0 Å². The van der Waals surface area contributed by atoms with Crippen molar-refractivity contribution in [3.8, 4) is 17.2 Å². The third-order valence-corrected chi connectivity index (χ3v) is 5.37. The number of piperidine rings is 1. The number of aromatic hydroxyl groups is 1. The monoisotopic (exact) mass is 441 g/mol. The van der Waals surface area contributed by atoms with Crippen molar-refractivity contribution in [2.45, 2.75) is 32.4 Å². The van der Waals surface area contributed by atoms with Crippen molar-refractivity contribution >= 4 is 23.3 Å². The average Bonchev–Trinajstić information content (AvgIpc) is 3.19. The molecule has 2 aromatic carbocycles. The second kappa shape index (κ2) is 9.78. The van der Waals surface area contributed by atoms with Gasteiger partial charge in [-0.15, -0.1) is 0 Å². The number of rotatable bonds is 7. The van der Waals surface area contributed by atoms with Gasteiger partial charge in [0, 0.05) is 31.7 Å². The first-order valence-corrected chi connectivity index (χ1v) is 10.6. The third-order valence-electron chi connectivity index (χ3n) is 5.37. The van der Waals surface area contributed by atoms with Crippen LogP contribution in [-0.4, -0.2) is 54.0 Å². The van der Waals surface area contributed by atoms with Gasteiger partial charge in [-0.25, -0.2) is 4.79 Å². The summed E-state index contributed by atoms with van der Waals surface area (Å²) in [6, 6.07) is 11.2. The zero-order chi connectivity index (χ0) is 22.5. The van der Waals surface area contributed by atoms with E-state index in [9.17, 15) is 9.90 Å². The highest BCUT2D eigenvalue weighted by Gasteiger charge is 2.21. The lowest BCUT2D eigenvalue weighted by molar-refractivity contribution is 0.121. The number of anilines is 1. The predicted octanol–water partition coefficient (Wildman–Crippen LogP) is 4.15. The van der Waals surface area contributed by atoms with Gasteiger partial charge in [0.05, 0.1) is 13.7 Å². The molecule has 3 aromatic rings. The first-order valence-electron chi connectivity index (χ1n) is 10.6. The van der Waals surface area contributed by atoms with Crippen LogP contribution in [0.4, 0.5) is 10.8 Å². The minimum atomic E-state index is -0.782. The quantitative estimate of drug-likeness (QED) is 0.413. The number of nitrogens with one attached hydrogen (secondary N) is 1. The van der Waals surface area contributed by atoms with Gasteiger partial charge >= 0.3 is 6.16 Å². The van der Waals surface area contributed by atoms with E-state index < -0.39 is 6.16 Å². The molecule has 2 N–H and O–H groups in total. The van der Waals surface area contributed by atoms with Gasteiger partial charge in [-0.05, 0) is 49.6 Å². The van der Waals surface area contributed by atoms with Crippen LogP contribution in [-0.2, 0) is 11.3 Å². The molecular weight excluding hydrogens is 414 g/mol. The van der Waals surface area contributed by atoms with Crippen LogP contribution < -0.4 is 14.8 Å². The number of carbonyl (C=O) groups is 1. The van der Waals surface area contributed by atoms with Crippen molar-refractivity contribution < 1.29 is 28.5 Å². The maximum Gasteiger partial charge on any atom is 0.513 e. The Kier molecular flexibility index (Phi) is 6.65. The van der Waals surface area contributed by atoms with Crippen LogP contribution in [0.1, 0.15) is 25.3 Å². The van der Waals surface area contributed by atoms with Gasteiger partial charge in [0.15, 0.2) is 17.1 Å². The van der Waals surface area contributed by atoms with Crippen LogP contribution in [0, 0.1) is 0 Å². The molecule has 1 aliphatic rings. The number of benzene rings is 2. The number of hydrogen-bond acceptors (Lipinski definition) is 9. The van der Waals surface area contributed by atoms with Crippen LogP contribution in [0.3, 0.4) is 0 Å². The number of likely N-dealkylation sites (tertiary alicyclic amines) is 1. The number of phenols is 1. The first-order chi connectivity index (χ1) is 15.5. The van der Waals surface area contributed by atoms with Crippen molar-refractivity contribution in [2.24, 2.45) is 0 Å². The number of methoxy groups -OCH3 is 1. The Morgan fingerprint density at radius 2 is 2.06 bits per heavy atom. The van der Waals surface area contributed by atoms with Crippen molar-refractivity contribution in [1.82, 2.24) is 9.88 Å². The predicted molar refractivity (Wildman–Crippen MR) is 118 cm³/mol. The zero-order valence-corrected chi connectivity index (χ0v) is 18.2. The van der Waals surface area contributed by atoms with E-state index in [1.807, 2.05) is 19.1 Å². The van der Waals surface area contributed by atoms with E-state index in [-0.39, 0.29) is 11.8 Å².